The molecule has 0 saturated heterocycles. The van der Waals surface area contributed by atoms with Crippen LogP contribution in [0.5, 0.6) is 0 Å². The fourth-order valence-corrected chi connectivity index (χ4v) is 3.99. The molecule has 0 aromatic carbocycles. The summed E-state index contributed by atoms with van der Waals surface area (Å²) in [5, 5.41) is 9.45. The number of sulfonamides is 1. The van der Waals surface area contributed by atoms with Crippen LogP contribution in [-0.4, -0.2) is 31.2 Å². The SMILES string of the molecule is O=S(=O)(NC1CCCCC1CO)c1ccnc(Cl)c1. The van der Waals surface area contributed by atoms with Crippen LogP contribution in [0.4, 0.5) is 0 Å². The molecule has 0 spiro atoms. The lowest BCUT2D eigenvalue weighted by molar-refractivity contribution is 0.164. The molecule has 1 heterocycles. The van der Waals surface area contributed by atoms with Crippen LogP contribution < -0.4 is 4.72 Å². The van der Waals surface area contributed by atoms with Crippen molar-refractivity contribution in [3.63, 3.8) is 0 Å². The number of nitrogens with zero attached hydrogens (tertiary/aromatic N) is 1. The Labute approximate surface area is 118 Å². The Hall–Kier alpha value is -0.690. The van der Waals surface area contributed by atoms with E-state index in [1.54, 1.807) is 0 Å². The molecule has 2 rings (SSSR count). The number of aliphatic hydroxyl groups is 1. The van der Waals surface area contributed by atoms with Crippen LogP contribution in [0.1, 0.15) is 25.7 Å². The predicted octanol–water partition coefficient (Wildman–Crippen LogP) is 1.56. The third-order valence-corrected chi connectivity index (χ3v) is 5.15. The van der Waals surface area contributed by atoms with E-state index in [9.17, 15) is 13.5 Å². The number of nitrogens with one attached hydrogen (secondary N) is 1. The zero-order chi connectivity index (χ0) is 13.9. The minimum absolute atomic E-state index is 0.00425. The zero-order valence-corrected chi connectivity index (χ0v) is 12.0. The van der Waals surface area contributed by atoms with Crippen LogP contribution in [0.15, 0.2) is 23.2 Å². The van der Waals surface area contributed by atoms with Gasteiger partial charge in [-0.1, -0.05) is 24.4 Å². The molecule has 1 saturated carbocycles. The molecule has 0 aliphatic heterocycles. The van der Waals surface area contributed by atoms with E-state index in [2.05, 4.69) is 9.71 Å². The number of pyridine rings is 1. The first-order valence-corrected chi connectivity index (χ1v) is 8.14. The first kappa shape index (κ1) is 14.7. The first-order valence-electron chi connectivity index (χ1n) is 6.27. The van der Waals surface area contributed by atoms with Gasteiger partial charge >= 0.3 is 0 Å². The molecule has 1 aromatic heterocycles. The van der Waals surface area contributed by atoms with Crippen molar-refractivity contribution in [3.8, 4) is 0 Å². The summed E-state index contributed by atoms with van der Waals surface area (Å²) in [5.74, 6) is -0.0131. The summed E-state index contributed by atoms with van der Waals surface area (Å²) in [6.07, 6.45) is 4.97. The molecule has 19 heavy (non-hydrogen) atoms. The normalized spacial score (nSPS) is 24.3. The third-order valence-electron chi connectivity index (χ3n) is 3.46. The van der Waals surface area contributed by atoms with Crippen LogP contribution in [0.3, 0.4) is 0 Å². The van der Waals surface area contributed by atoms with Gasteiger partial charge < -0.3 is 5.11 Å². The Morgan fingerprint density at radius 1 is 1.42 bits per heavy atom. The number of aromatic nitrogens is 1. The highest BCUT2D eigenvalue weighted by atomic mass is 35.5. The number of hydrogen-bond acceptors (Lipinski definition) is 4. The van der Waals surface area contributed by atoms with Gasteiger partial charge in [0.25, 0.3) is 0 Å². The quantitative estimate of drug-likeness (QED) is 0.828. The van der Waals surface area contributed by atoms with E-state index in [0.29, 0.717) is 0 Å². The van der Waals surface area contributed by atoms with E-state index >= 15 is 0 Å². The van der Waals surface area contributed by atoms with E-state index in [-0.39, 0.29) is 28.6 Å². The number of rotatable bonds is 4. The summed E-state index contributed by atoms with van der Waals surface area (Å²) in [7, 11) is -3.61. The number of halogens is 1. The highest BCUT2D eigenvalue weighted by molar-refractivity contribution is 7.89. The monoisotopic (exact) mass is 304 g/mol. The summed E-state index contributed by atoms with van der Waals surface area (Å²) >= 11 is 5.71. The van der Waals surface area contributed by atoms with Gasteiger partial charge in [-0.05, 0) is 30.9 Å². The van der Waals surface area contributed by atoms with Crippen LogP contribution in [0, 0.1) is 5.92 Å². The standard InChI is InChI=1S/C12H17ClN2O3S/c13-12-7-10(5-6-14-12)19(17,18)15-11-4-2-1-3-9(11)8-16/h5-7,9,11,15-16H,1-4,8H2. The number of hydrogen-bond donors (Lipinski definition) is 2. The molecule has 2 unspecified atom stereocenters. The Morgan fingerprint density at radius 3 is 2.84 bits per heavy atom. The van der Waals surface area contributed by atoms with E-state index < -0.39 is 10.0 Å². The molecule has 7 heteroatoms. The molecular formula is C12H17ClN2O3S. The van der Waals surface area contributed by atoms with Gasteiger partial charge in [0.2, 0.25) is 10.0 Å². The lowest BCUT2D eigenvalue weighted by atomic mass is 9.86. The first-order chi connectivity index (χ1) is 9.03. The van der Waals surface area contributed by atoms with Crippen molar-refractivity contribution in [2.45, 2.75) is 36.6 Å². The van der Waals surface area contributed by atoms with Crippen molar-refractivity contribution in [3.05, 3.63) is 23.5 Å². The molecule has 0 radical (unpaired) electrons. The minimum atomic E-state index is -3.61. The maximum absolute atomic E-state index is 12.2. The van der Waals surface area contributed by atoms with Gasteiger partial charge in [0, 0.05) is 18.8 Å². The van der Waals surface area contributed by atoms with Crippen molar-refractivity contribution < 1.29 is 13.5 Å². The largest absolute Gasteiger partial charge is 0.396 e. The Kier molecular flexibility index (Phi) is 4.78. The molecule has 0 bridgehead atoms. The maximum atomic E-state index is 12.2. The van der Waals surface area contributed by atoms with Crippen molar-refractivity contribution in [1.82, 2.24) is 9.71 Å². The molecule has 2 atom stereocenters. The van der Waals surface area contributed by atoms with Crippen molar-refractivity contribution in [1.29, 1.82) is 0 Å². The summed E-state index contributed by atoms with van der Waals surface area (Å²) in [4.78, 5) is 3.87. The van der Waals surface area contributed by atoms with E-state index in [4.69, 9.17) is 11.6 Å². The van der Waals surface area contributed by atoms with Crippen LogP contribution in [0.25, 0.3) is 0 Å². The Bertz CT molecular complexity index is 536. The van der Waals surface area contributed by atoms with Gasteiger partial charge in [0.05, 0.1) is 4.90 Å². The Balaban J connectivity index is 2.16. The fourth-order valence-electron chi connectivity index (χ4n) is 2.40. The van der Waals surface area contributed by atoms with Gasteiger partial charge in [-0.15, -0.1) is 0 Å². The topological polar surface area (TPSA) is 79.3 Å². The lowest BCUT2D eigenvalue weighted by Gasteiger charge is -2.30. The van der Waals surface area contributed by atoms with Gasteiger partial charge in [-0.25, -0.2) is 18.1 Å². The second-order valence-electron chi connectivity index (χ2n) is 4.77. The molecule has 1 fully saturated rings. The summed E-state index contributed by atoms with van der Waals surface area (Å²) in [5.41, 5.74) is 0. The summed E-state index contributed by atoms with van der Waals surface area (Å²) < 4.78 is 27.1. The molecule has 1 aliphatic carbocycles. The lowest BCUT2D eigenvalue weighted by Crippen LogP contribution is -2.43. The van der Waals surface area contributed by atoms with E-state index in [1.807, 2.05) is 0 Å². The molecule has 1 aromatic rings. The molecule has 106 valence electrons. The van der Waals surface area contributed by atoms with Crippen molar-refractivity contribution in [2.24, 2.45) is 5.92 Å². The van der Waals surface area contributed by atoms with Gasteiger partial charge in [-0.2, -0.15) is 0 Å². The summed E-state index contributed by atoms with van der Waals surface area (Å²) in [6.45, 7) is 0.00425. The third kappa shape index (κ3) is 3.66. The number of aliphatic hydroxyl groups excluding tert-OH is 1. The van der Waals surface area contributed by atoms with Crippen molar-refractivity contribution >= 4 is 21.6 Å². The van der Waals surface area contributed by atoms with Gasteiger partial charge in [0.1, 0.15) is 5.15 Å². The molecule has 1 aliphatic rings. The van der Waals surface area contributed by atoms with Crippen LogP contribution in [0.2, 0.25) is 5.15 Å². The van der Waals surface area contributed by atoms with Crippen LogP contribution in [-0.2, 0) is 10.0 Å². The average molecular weight is 305 g/mol. The molecular weight excluding hydrogens is 288 g/mol. The predicted molar refractivity (Wildman–Crippen MR) is 72.4 cm³/mol. The van der Waals surface area contributed by atoms with Gasteiger partial charge in [0.15, 0.2) is 0 Å². The highest BCUT2D eigenvalue weighted by Gasteiger charge is 2.29. The second-order valence-corrected chi connectivity index (χ2v) is 6.87. The van der Waals surface area contributed by atoms with Gasteiger partial charge in [-0.3, -0.25) is 0 Å². The van der Waals surface area contributed by atoms with Crippen molar-refractivity contribution in [2.75, 3.05) is 6.61 Å². The zero-order valence-electron chi connectivity index (χ0n) is 10.4. The van der Waals surface area contributed by atoms with Crippen LogP contribution >= 0.6 is 11.6 Å². The smallest absolute Gasteiger partial charge is 0.240 e. The second kappa shape index (κ2) is 6.17. The molecule has 2 N–H and O–H groups in total. The summed E-state index contributed by atoms with van der Waals surface area (Å²) in [6, 6.07) is 2.52. The van der Waals surface area contributed by atoms with E-state index in [0.717, 1.165) is 25.7 Å². The minimum Gasteiger partial charge on any atom is -0.396 e. The Morgan fingerprint density at radius 2 is 2.16 bits per heavy atom. The van der Waals surface area contributed by atoms with E-state index in [1.165, 1.54) is 18.3 Å². The highest BCUT2D eigenvalue weighted by Crippen LogP contribution is 2.25. The molecule has 5 nitrogen and oxygen atoms in total. The molecule has 0 amide bonds. The fraction of sp³-hybridized carbons (Fsp3) is 0.583. The average Bonchev–Trinajstić information content (AvgIpc) is 2.39. The maximum Gasteiger partial charge on any atom is 0.240 e.